The van der Waals surface area contributed by atoms with Gasteiger partial charge in [0.15, 0.2) is 5.82 Å². The zero-order valence-corrected chi connectivity index (χ0v) is 21.5. The first kappa shape index (κ1) is 22.9. The number of H-pyrrole nitrogens is 2. The molecule has 4 heterocycles. The molecule has 8 heteroatoms. The van der Waals surface area contributed by atoms with Crippen LogP contribution < -0.4 is 4.74 Å². The summed E-state index contributed by atoms with van der Waals surface area (Å²) in [5, 5.41) is 8.64. The maximum absolute atomic E-state index is 6.12. The van der Waals surface area contributed by atoms with Crippen LogP contribution in [0.25, 0.3) is 50.4 Å². The number of aromatic nitrogens is 7. The van der Waals surface area contributed by atoms with Crippen LogP contribution in [0.5, 0.6) is 5.75 Å². The van der Waals surface area contributed by atoms with Crippen LogP contribution in [-0.4, -0.2) is 34.7 Å². The lowest BCUT2D eigenvalue weighted by Gasteiger charge is -2.10. The number of nitrogens with one attached hydrogen (secondary N) is 2. The summed E-state index contributed by atoms with van der Waals surface area (Å²) >= 11 is 0. The average Bonchev–Trinajstić information content (AvgIpc) is 3.69. The van der Waals surface area contributed by atoms with Gasteiger partial charge in [0.2, 0.25) is 0 Å². The van der Waals surface area contributed by atoms with Crippen LogP contribution in [-0.2, 0) is 6.61 Å². The molecule has 0 bridgehead atoms. The molecule has 0 amide bonds. The van der Waals surface area contributed by atoms with Gasteiger partial charge in [0.25, 0.3) is 0 Å². The van der Waals surface area contributed by atoms with Gasteiger partial charge < -0.3 is 14.3 Å². The number of hydrogen-bond acceptors (Lipinski definition) is 5. The molecule has 0 aliphatic carbocycles. The summed E-state index contributed by atoms with van der Waals surface area (Å²) in [6, 6.07) is 24.5. The molecule has 0 radical (unpaired) electrons. The molecule has 0 aliphatic heterocycles. The van der Waals surface area contributed by atoms with E-state index in [1.54, 1.807) is 6.33 Å². The molecular formula is C31H25N7O. The van der Waals surface area contributed by atoms with E-state index in [0.29, 0.717) is 12.4 Å². The molecule has 0 aliphatic rings. The highest BCUT2D eigenvalue weighted by Gasteiger charge is 2.16. The Kier molecular flexibility index (Phi) is 5.44. The van der Waals surface area contributed by atoms with Crippen LogP contribution in [0.15, 0.2) is 91.5 Å². The van der Waals surface area contributed by atoms with E-state index in [0.717, 1.165) is 67.1 Å². The molecule has 0 unspecified atom stereocenters. The molecule has 39 heavy (non-hydrogen) atoms. The van der Waals surface area contributed by atoms with Crippen LogP contribution in [0.1, 0.15) is 16.8 Å². The standard InChI is InChI=1S/C31H25N7O/c1-19-11-22(13-23(12-19)39-17-21-7-4-3-5-8-21)26-14-24-27(15-32-26)36-37-29(24)31-34-25-9-6-10-28(30(25)35-31)38-16-20(2)33-18-38/h3-16,18H,17H2,1-2H3,(H,34,35)(H,36,37). The minimum Gasteiger partial charge on any atom is -0.489 e. The van der Waals surface area contributed by atoms with Gasteiger partial charge in [-0.15, -0.1) is 0 Å². The van der Waals surface area contributed by atoms with E-state index in [9.17, 15) is 0 Å². The Bertz CT molecular complexity index is 1950. The number of aromatic amines is 2. The summed E-state index contributed by atoms with van der Waals surface area (Å²) < 4.78 is 8.10. The fraction of sp³-hybridized carbons (Fsp3) is 0.0968. The predicted molar refractivity (Wildman–Crippen MR) is 152 cm³/mol. The van der Waals surface area contributed by atoms with Gasteiger partial charge in [-0.05, 0) is 61.4 Å². The highest BCUT2D eigenvalue weighted by Crippen LogP contribution is 2.32. The van der Waals surface area contributed by atoms with Crippen LogP contribution in [0.4, 0.5) is 0 Å². The van der Waals surface area contributed by atoms with Gasteiger partial charge in [0, 0.05) is 17.1 Å². The van der Waals surface area contributed by atoms with Gasteiger partial charge in [-0.3, -0.25) is 10.1 Å². The molecule has 3 aromatic carbocycles. The number of hydrogen-bond donors (Lipinski definition) is 2. The number of imidazole rings is 2. The van der Waals surface area contributed by atoms with E-state index in [1.165, 1.54) is 0 Å². The molecule has 0 atom stereocenters. The lowest BCUT2D eigenvalue weighted by Crippen LogP contribution is -1.96. The van der Waals surface area contributed by atoms with Crippen molar-refractivity contribution in [3.8, 4) is 34.2 Å². The van der Waals surface area contributed by atoms with Crippen LogP contribution in [0.2, 0.25) is 0 Å². The monoisotopic (exact) mass is 511 g/mol. The molecule has 8 nitrogen and oxygen atoms in total. The van der Waals surface area contributed by atoms with Gasteiger partial charge in [-0.2, -0.15) is 5.10 Å². The van der Waals surface area contributed by atoms with Crippen LogP contribution >= 0.6 is 0 Å². The maximum Gasteiger partial charge on any atom is 0.159 e. The smallest absolute Gasteiger partial charge is 0.159 e. The first-order chi connectivity index (χ1) is 19.1. The number of para-hydroxylation sites is 1. The van der Waals surface area contributed by atoms with Crippen molar-refractivity contribution >= 4 is 21.9 Å². The van der Waals surface area contributed by atoms with E-state index >= 15 is 0 Å². The number of fused-ring (bicyclic) bond motifs is 2. The summed E-state index contributed by atoms with van der Waals surface area (Å²) in [5.41, 5.74) is 9.32. The van der Waals surface area contributed by atoms with Crippen molar-refractivity contribution < 1.29 is 4.74 Å². The number of nitrogens with zero attached hydrogens (tertiary/aromatic N) is 5. The normalized spacial score (nSPS) is 11.4. The highest BCUT2D eigenvalue weighted by atomic mass is 16.5. The predicted octanol–water partition coefficient (Wildman–Crippen LogP) is 6.55. The maximum atomic E-state index is 6.12. The zero-order chi connectivity index (χ0) is 26.3. The number of rotatable bonds is 6. The van der Waals surface area contributed by atoms with E-state index < -0.39 is 0 Å². The number of benzene rings is 3. The molecule has 2 N–H and O–H groups in total. The van der Waals surface area contributed by atoms with Crippen molar-refractivity contribution in [1.29, 1.82) is 0 Å². The first-order valence-electron chi connectivity index (χ1n) is 12.7. The van der Waals surface area contributed by atoms with E-state index in [1.807, 2.05) is 72.4 Å². The summed E-state index contributed by atoms with van der Waals surface area (Å²) in [6.45, 7) is 4.55. The Morgan fingerprint density at radius 2 is 1.79 bits per heavy atom. The number of aryl methyl sites for hydroxylation is 2. The third-order valence-electron chi connectivity index (χ3n) is 6.75. The zero-order valence-electron chi connectivity index (χ0n) is 21.5. The third-order valence-corrected chi connectivity index (χ3v) is 6.75. The van der Waals surface area contributed by atoms with Crippen molar-refractivity contribution in [2.75, 3.05) is 0 Å². The Morgan fingerprint density at radius 1 is 0.897 bits per heavy atom. The van der Waals surface area contributed by atoms with Crippen LogP contribution in [0.3, 0.4) is 0 Å². The molecule has 190 valence electrons. The molecule has 0 fully saturated rings. The Morgan fingerprint density at radius 3 is 2.64 bits per heavy atom. The summed E-state index contributed by atoms with van der Waals surface area (Å²) in [6.07, 6.45) is 5.61. The summed E-state index contributed by atoms with van der Waals surface area (Å²) in [7, 11) is 0. The lowest BCUT2D eigenvalue weighted by molar-refractivity contribution is 0.306. The summed E-state index contributed by atoms with van der Waals surface area (Å²) in [4.78, 5) is 17.5. The van der Waals surface area contributed by atoms with Crippen molar-refractivity contribution in [1.82, 2.24) is 34.7 Å². The van der Waals surface area contributed by atoms with E-state index in [4.69, 9.17) is 14.7 Å². The lowest BCUT2D eigenvalue weighted by atomic mass is 10.1. The first-order valence-corrected chi connectivity index (χ1v) is 12.7. The van der Waals surface area contributed by atoms with Gasteiger partial charge in [0.1, 0.15) is 23.6 Å². The average molecular weight is 512 g/mol. The van der Waals surface area contributed by atoms with Crippen molar-refractivity contribution in [3.63, 3.8) is 0 Å². The highest BCUT2D eigenvalue weighted by molar-refractivity contribution is 5.95. The largest absolute Gasteiger partial charge is 0.489 e. The molecule has 7 rings (SSSR count). The summed E-state index contributed by atoms with van der Waals surface area (Å²) in [5.74, 6) is 1.50. The molecule has 7 aromatic rings. The Hall–Kier alpha value is -5.24. The topological polar surface area (TPSA) is 97.3 Å². The quantitative estimate of drug-likeness (QED) is 0.264. The second-order valence-corrected chi connectivity index (χ2v) is 9.68. The fourth-order valence-electron chi connectivity index (χ4n) is 4.87. The van der Waals surface area contributed by atoms with Gasteiger partial charge in [0.05, 0.1) is 40.6 Å². The fourth-order valence-corrected chi connectivity index (χ4v) is 4.87. The van der Waals surface area contributed by atoms with Gasteiger partial charge in [-0.1, -0.05) is 36.4 Å². The Labute approximate surface area is 224 Å². The molecule has 4 aromatic heterocycles. The third kappa shape index (κ3) is 4.31. The van der Waals surface area contributed by atoms with Gasteiger partial charge in [-0.25, -0.2) is 9.97 Å². The SMILES string of the molecule is Cc1cc(OCc2ccccc2)cc(-c2cc3c(-c4nc5c(-n6cnc(C)c6)cccc5[nH]4)n[nH]c3cn2)c1. The van der Waals surface area contributed by atoms with Crippen molar-refractivity contribution in [3.05, 3.63) is 108 Å². The number of pyridine rings is 1. The second kappa shape index (κ2) is 9.25. The van der Waals surface area contributed by atoms with Gasteiger partial charge >= 0.3 is 0 Å². The molecule has 0 saturated carbocycles. The van der Waals surface area contributed by atoms with E-state index in [2.05, 4.69) is 51.4 Å². The van der Waals surface area contributed by atoms with Crippen LogP contribution in [0, 0.1) is 13.8 Å². The Balaban J connectivity index is 1.26. The molecule has 0 saturated heterocycles. The minimum absolute atomic E-state index is 0.509. The number of ether oxygens (including phenoxy) is 1. The van der Waals surface area contributed by atoms with Crippen molar-refractivity contribution in [2.45, 2.75) is 20.5 Å². The minimum atomic E-state index is 0.509. The molecular weight excluding hydrogens is 486 g/mol. The van der Waals surface area contributed by atoms with E-state index in [-0.39, 0.29) is 0 Å². The second-order valence-electron chi connectivity index (χ2n) is 9.68. The molecule has 0 spiro atoms. The van der Waals surface area contributed by atoms with Crippen molar-refractivity contribution in [2.24, 2.45) is 0 Å².